The predicted molar refractivity (Wildman–Crippen MR) is 113 cm³/mol. The normalized spacial score (nSPS) is 12.6. The van der Waals surface area contributed by atoms with E-state index in [0.29, 0.717) is 23.8 Å². The predicted octanol–water partition coefficient (Wildman–Crippen LogP) is 3.89. The van der Waals surface area contributed by atoms with Gasteiger partial charge in [0.15, 0.2) is 12.7 Å². The van der Waals surface area contributed by atoms with Crippen LogP contribution >= 0.6 is 0 Å². The molecule has 2 aromatic rings. The summed E-state index contributed by atoms with van der Waals surface area (Å²) in [6.45, 7) is 7.80. The Labute approximate surface area is 172 Å². The Morgan fingerprint density at radius 3 is 2.24 bits per heavy atom. The number of benzene rings is 2. The van der Waals surface area contributed by atoms with Crippen molar-refractivity contribution in [3.63, 3.8) is 0 Å². The van der Waals surface area contributed by atoms with E-state index in [9.17, 15) is 9.59 Å². The molecule has 0 aliphatic rings. The Morgan fingerprint density at radius 1 is 0.931 bits per heavy atom. The number of amides is 2. The number of carbonyl (C=O) groups excluding carboxylic acids is 2. The van der Waals surface area contributed by atoms with E-state index in [1.165, 1.54) is 0 Å². The summed E-state index contributed by atoms with van der Waals surface area (Å²) in [5.74, 6) is 0.792. The lowest BCUT2D eigenvalue weighted by molar-refractivity contribution is -0.134. The maximum Gasteiger partial charge on any atom is 0.279 e. The zero-order valence-electron chi connectivity index (χ0n) is 17.5. The molecule has 0 aromatic heterocycles. The molecule has 0 aliphatic heterocycles. The van der Waals surface area contributed by atoms with Gasteiger partial charge in [0.1, 0.15) is 11.5 Å². The van der Waals surface area contributed by atoms with Crippen molar-refractivity contribution in [1.29, 1.82) is 0 Å². The molecule has 6 heteroatoms. The summed E-state index contributed by atoms with van der Waals surface area (Å²) in [6.07, 6.45) is 0.731. The fraction of sp³-hybridized carbons (Fsp3) is 0.391. The number of ether oxygens (including phenoxy) is 2. The van der Waals surface area contributed by atoms with Gasteiger partial charge in [0.2, 0.25) is 0 Å². The van der Waals surface area contributed by atoms with Crippen LogP contribution in [0.5, 0.6) is 11.5 Å². The molecule has 0 saturated carbocycles. The Bertz CT molecular complexity index is 822. The highest BCUT2D eigenvalue weighted by molar-refractivity contribution is 5.85. The monoisotopic (exact) mass is 398 g/mol. The smallest absolute Gasteiger partial charge is 0.279 e. The molecule has 2 rings (SSSR count). The van der Waals surface area contributed by atoms with Crippen LogP contribution < -0.4 is 20.3 Å². The standard InChI is InChI=1S/C23H30N2O4/c1-5-16(3)18-12-8-10-14-21(18)29-19(6-2)23(27)25-24-22(26)15-28-20-13-9-7-11-17(20)4/h7-14,16,19H,5-6,15H2,1-4H3,(H,24,26)(H,25,27). The zero-order valence-corrected chi connectivity index (χ0v) is 17.5. The van der Waals surface area contributed by atoms with Gasteiger partial charge in [0, 0.05) is 0 Å². The van der Waals surface area contributed by atoms with Crippen molar-refractivity contribution >= 4 is 11.8 Å². The Hall–Kier alpha value is -3.02. The molecule has 0 radical (unpaired) electrons. The van der Waals surface area contributed by atoms with Crippen LogP contribution in [0.4, 0.5) is 0 Å². The van der Waals surface area contributed by atoms with Crippen LogP contribution in [0.15, 0.2) is 48.5 Å². The molecule has 0 aliphatic carbocycles. The molecule has 2 atom stereocenters. The second-order valence-corrected chi connectivity index (χ2v) is 6.95. The van der Waals surface area contributed by atoms with E-state index in [-0.39, 0.29) is 6.61 Å². The molecule has 2 aromatic carbocycles. The summed E-state index contributed by atoms with van der Waals surface area (Å²) in [5, 5.41) is 0. The van der Waals surface area contributed by atoms with Gasteiger partial charge in [-0.3, -0.25) is 20.4 Å². The fourth-order valence-corrected chi connectivity index (χ4v) is 2.80. The Morgan fingerprint density at radius 2 is 1.59 bits per heavy atom. The SMILES string of the molecule is CCC(Oc1ccccc1C(C)CC)C(=O)NNC(=O)COc1ccccc1C. The average molecular weight is 399 g/mol. The first-order valence-electron chi connectivity index (χ1n) is 9.98. The van der Waals surface area contributed by atoms with Crippen molar-refractivity contribution < 1.29 is 19.1 Å². The van der Waals surface area contributed by atoms with E-state index in [1.807, 2.05) is 56.3 Å². The van der Waals surface area contributed by atoms with Gasteiger partial charge >= 0.3 is 0 Å². The highest BCUT2D eigenvalue weighted by Gasteiger charge is 2.21. The van der Waals surface area contributed by atoms with E-state index >= 15 is 0 Å². The minimum absolute atomic E-state index is 0.195. The van der Waals surface area contributed by atoms with E-state index in [1.54, 1.807) is 6.07 Å². The van der Waals surface area contributed by atoms with Crippen LogP contribution in [0.2, 0.25) is 0 Å². The summed E-state index contributed by atoms with van der Waals surface area (Å²) in [5.41, 5.74) is 6.80. The lowest BCUT2D eigenvalue weighted by Crippen LogP contribution is -2.49. The third-order valence-electron chi connectivity index (χ3n) is 4.77. The second-order valence-electron chi connectivity index (χ2n) is 6.95. The van der Waals surface area contributed by atoms with Crippen LogP contribution in [0.1, 0.15) is 50.7 Å². The van der Waals surface area contributed by atoms with Gasteiger partial charge in [-0.15, -0.1) is 0 Å². The zero-order chi connectivity index (χ0) is 21.2. The first-order chi connectivity index (χ1) is 14.0. The quantitative estimate of drug-likeness (QED) is 0.628. The fourth-order valence-electron chi connectivity index (χ4n) is 2.80. The van der Waals surface area contributed by atoms with Crippen molar-refractivity contribution in [2.75, 3.05) is 6.61 Å². The summed E-state index contributed by atoms with van der Waals surface area (Å²) in [7, 11) is 0. The first kappa shape index (κ1) is 22.3. The lowest BCUT2D eigenvalue weighted by atomic mass is 9.98. The molecule has 29 heavy (non-hydrogen) atoms. The minimum Gasteiger partial charge on any atom is -0.483 e. The number of nitrogens with one attached hydrogen (secondary N) is 2. The average Bonchev–Trinajstić information content (AvgIpc) is 2.74. The van der Waals surface area contributed by atoms with Gasteiger partial charge in [-0.05, 0) is 48.9 Å². The Kier molecular flexibility index (Phi) is 8.52. The van der Waals surface area contributed by atoms with Gasteiger partial charge in [-0.25, -0.2) is 0 Å². The number of hydrogen-bond acceptors (Lipinski definition) is 4. The van der Waals surface area contributed by atoms with E-state index in [2.05, 4.69) is 24.7 Å². The summed E-state index contributed by atoms with van der Waals surface area (Å²) in [4.78, 5) is 24.5. The van der Waals surface area contributed by atoms with Gasteiger partial charge in [-0.2, -0.15) is 0 Å². The van der Waals surface area contributed by atoms with Crippen LogP contribution in [0, 0.1) is 6.92 Å². The van der Waals surface area contributed by atoms with Crippen LogP contribution in [-0.2, 0) is 9.59 Å². The highest BCUT2D eigenvalue weighted by atomic mass is 16.5. The van der Waals surface area contributed by atoms with Gasteiger partial charge in [-0.1, -0.05) is 57.2 Å². The molecule has 2 amide bonds. The molecule has 6 nitrogen and oxygen atoms in total. The van der Waals surface area contributed by atoms with Crippen LogP contribution in [0.3, 0.4) is 0 Å². The maximum absolute atomic E-state index is 12.5. The third-order valence-corrected chi connectivity index (χ3v) is 4.77. The third kappa shape index (κ3) is 6.52. The number of hydrazine groups is 1. The Balaban J connectivity index is 1.88. The van der Waals surface area contributed by atoms with Crippen molar-refractivity contribution in [3.05, 3.63) is 59.7 Å². The summed E-state index contributed by atoms with van der Waals surface area (Å²) >= 11 is 0. The largest absolute Gasteiger partial charge is 0.483 e. The molecule has 2 unspecified atom stereocenters. The molecular formula is C23H30N2O4. The molecule has 156 valence electrons. The van der Waals surface area contributed by atoms with Gasteiger partial charge in [0.05, 0.1) is 0 Å². The van der Waals surface area contributed by atoms with Crippen molar-refractivity contribution in [2.24, 2.45) is 0 Å². The van der Waals surface area contributed by atoms with Crippen LogP contribution in [-0.4, -0.2) is 24.5 Å². The van der Waals surface area contributed by atoms with Crippen molar-refractivity contribution in [3.8, 4) is 11.5 Å². The van der Waals surface area contributed by atoms with Crippen LogP contribution in [0.25, 0.3) is 0 Å². The van der Waals surface area contributed by atoms with Gasteiger partial charge in [0.25, 0.3) is 11.8 Å². The number of para-hydroxylation sites is 2. The molecule has 2 N–H and O–H groups in total. The molecule has 0 bridgehead atoms. The first-order valence-corrected chi connectivity index (χ1v) is 9.98. The van der Waals surface area contributed by atoms with E-state index < -0.39 is 17.9 Å². The topological polar surface area (TPSA) is 76.7 Å². The molecule has 0 spiro atoms. The number of rotatable bonds is 9. The maximum atomic E-state index is 12.5. The van der Waals surface area contributed by atoms with Crippen molar-refractivity contribution in [2.45, 2.75) is 52.6 Å². The lowest BCUT2D eigenvalue weighted by Gasteiger charge is -2.21. The molecular weight excluding hydrogens is 368 g/mol. The van der Waals surface area contributed by atoms with E-state index in [4.69, 9.17) is 9.47 Å². The van der Waals surface area contributed by atoms with Crippen molar-refractivity contribution in [1.82, 2.24) is 10.9 Å². The summed E-state index contributed by atoms with van der Waals surface area (Å²) in [6, 6.07) is 15.1. The second kappa shape index (κ2) is 11.1. The minimum atomic E-state index is -0.710. The molecule has 0 heterocycles. The summed E-state index contributed by atoms with van der Waals surface area (Å²) < 4.78 is 11.4. The van der Waals surface area contributed by atoms with Gasteiger partial charge < -0.3 is 9.47 Å². The number of hydrogen-bond donors (Lipinski definition) is 2. The van der Waals surface area contributed by atoms with E-state index in [0.717, 1.165) is 17.5 Å². The number of aryl methyl sites for hydroxylation is 1. The molecule has 0 fully saturated rings. The number of carbonyl (C=O) groups is 2. The highest BCUT2D eigenvalue weighted by Crippen LogP contribution is 2.29. The molecule has 0 saturated heterocycles.